The Morgan fingerprint density at radius 3 is 2.64 bits per heavy atom. The minimum atomic E-state index is -1.05. The van der Waals surface area contributed by atoms with Crippen molar-refractivity contribution in [3.05, 3.63) is 57.3 Å². The lowest BCUT2D eigenvalue weighted by Gasteiger charge is -2.11. The molecule has 1 aromatic carbocycles. The molecule has 4 nitrogen and oxygen atoms in total. The zero-order valence-electron chi connectivity index (χ0n) is 12.6. The molecule has 0 bridgehead atoms. The lowest BCUT2D eigenvalue weighted by atomic mass is 10.2. The van der Waals surface area contributed by atoms with E-state index in [2.05, 4.69) is 9.97 Å². The van der Waals surface area contributed by atoms with E-state index in [0.717, 1.165) is 27.7 Å². The second-order valence-corrected chi connectivity index (χ2v) is 6.72. The van der Waals surface area contributed by atoms with Crippen molar-refractivity contribution >= 4 is 39.1 Å². The highest BCUT2D eigenvalue weighted by Gasteiger charge is 2.17. The highest BCUT2D eigenvalue weighted by atomic mass is 32.2. The minimum Gasteiger partial charge on any atom is -0.267 e. The number of hydrogen-bond donors (Lipinski definition) is 0. The topological polar surface area (TPSA) is 47.8 Å². The standard InChI is InChI=1S/C15H9F4N3OS2/c1-7(4-16)22-14(23)12-13(20-6-25-12)21-15(22)24-5-9-10(18)2-8(17)3-11(9)19/h2-4,6H,5H2,1H3/b7-4-. The summed E-state index contributed by atoms with van der Waals surface area (Å²) >= 11 is 1.88. The van der Waals surface area contributed by atoms with E-state index in [1.165, 1.54) is 12.4 Å². The minimum absolute atomic E-state index is 0.0259. The van der Waals surface area contributed by atoms with Gasteiger partial charge >= 0.3 is 0 Å². The zero-order chi connectivity index (χ0) is 18.1. The van der Waals surface area contributed by atoms with Gasteiger partial charge in [-0.1, -0.05) is 11.8 Å². The summed E-state index contributed by atoms with van der Waals surface area (Å²) < 4.78 is 54.7. The Hall–Kier alpha value is -2.20. The molecule has 130 valence electrons. The first-order valence-corrected chi connectivity index (χ1v) is 8.68. The first kappa shape index (κ1) is 17.6. The van der Waals surface area contributed by atoms with Gasteiger partial charge in [0.15, 0.2) is 10.8 Å². The molecule has 0 fully saturated rings. The van der Waals surface area contributed by atoms with Crippen molar-refractivity contribution in [1.82, 2.24) is 14.5 Å². The number of halogens is 4. The molecule has 0 aliphatic carbocycles. The fourth-order valence-electron chi connectivity index (χ4n) is 2.10. The molecular formula is C15H9F4N3OS2. The van der Waals surface area contributed by atoms with Gasteiger partial charge < -0.3 is 0 Å². The maximum atomic E-state index is 13.8. The van der Waals surface area contributed by atoms with Crippen molar-refractivity contribution in [2.75, 3.05) is 0 Å². The van der Waals surface area contributed by atoms with E-state index >= 15 is 0 Å². The molecule has 10 heteroatoms. The van der Waals surface area contributed by atoms with Crippen LogP contribution in [0.2, 0.25) is 0 Å². The molecule has 2 heterocycles. The molecule has 0 saturated heterocycles. The van der Waals surface area contributed by atoms with Crippen molar-refractivity contribution in [1.29, 1.82) is 0 Å². The molecule has 0 N–H and O–H groups in total. The Labute approximate surface area is 146 Å². The summed E-state index contributed by atoms with van der Waals surface area (Å²) in [5.74, 6) is -3.39. The molecule has 0 atom stereocenters. The second kappa shape index (κ2) is 6.96. The van der Waals surface area contributed by atoms with Crippen molar-refractivity contribution in [3.8, 4) is 0 Å². The highest BCUT2D eigenvalue weighted by Crippen LogP contribution is 2.27. The van der Waals surface area contributed by atoms with E-state index in [1.807, 2.05) is 0 Å². The third-order valence-electron chi connectivity index (χ3n) is 3.30. The van der Waals surface area contributed by atoms with Gasteiger partial charge in [0.2, 0.25) is 0 Å². The van der Waals surface area contributed by atoms with Crippen LogP contribution in [0.3, 0.4) is 0 Å². The van der Waals surface area contributed by atoms with Crippen LogP contribution in [0.1, 0.15) is 12.5 Å². The monoisotopic (exact) mass is 387 g/mol. The molecule has 3 rings (SSSR count). The van der Waals surface area contributed by atoms with Crippen LogP contribution in [0.4, 0.5) is 17.6 Å². The molecule has 0 radical (unpaired) electrons. The van der Waals surface area contributed by atoms with Crippen LogP contribution in [-0.2, 0) is 5.75 Å². The highest BCUT2D eigenvalue weighted by molar-refractivity contribution is 7.98. The van der Waals surface area contributed by atoms with Crippen molar-refractivity contribution in [2.45, 2.75) is 17.8 Å². The number of rotatable bonds is 4. The van der Waals surface area contributed by atoms with Crippen LogP contribution in [0.25, 0.3) is 16.0 Å². The van der Waals surface area contributed by atoms with E-state index in [-0.39, 0.29) is 38.8 Å². The van der Waals surface area contributed by atoms with Gasteiger partial charge in [-0.3, -0.25) is 9.36 Å². The lowest BCUT2D eigenvalue weighted by Crippen LogP contribution is -2.21. The number of allylic oxidation sites excluding steroid dienone is 1. The summed E-state index contributed by atoms with van der Waals surface area (Å²) in [7, 11) is 0. The smallest absolute Gasteiger partial charge is 0.267 e. The first-order chi connectivity index (χ1) is 11.9. The second-order valence-electron chi connectivity index (χ2n) is 4.93. The molecule has 0 spiro atoms. The number of benzene rings is 1. The van der Waals surface area contributed by atoms with Gasteiger partial charge in [-0.25, -0.2) is 27.5 Å². The van der Waals surface area contributed by atoms with Crippen LogP contribution < -0.4 is 5.56 Å². The predicted octanol–water partition coefficient (Wildman–Crippen LogP) is 4.35. The lowest BCUT2D eigenvalue weighted by molar-refractivity contribution is 0.531. The Morgan fingerprint density at radius 1 is 1.32 bits per heavy atom. The van der Waals surface area contributed by atoms with Gasteiger partial charge in [0, 0.05) is 23.4 Å². The Kier molecular flexibility index (Phi) is 4.91. The summed E-state index contributed by atoms with van der Waals surface area (Å²) in [5, 5.41) is 0.0259. The van der Waals surface area contributed by atoms with E-state index in [0.29, 0.717) is 12.1 Å². The fraction of sp³-hybridized carbons (Fsp3) is 0.133. The zero-order valence-corrected chi connectivity index (χ0v) is 14.2. The predicted molar refractivity (Wildman–Crippen MR) is 88.6 cm³/mol. The summed E-state index contributed by atoms with van der Waals surface area (Å²) in [6.07, 6.45) is 0.235. The number of thioether (sulfide) groups is 1. The van der Waals surface area contributed by atoms with Gasteiger partial charge in [-0.05, 0) is 6.92 Å². The maximum absolute atomic E-state index is 13.8. The average Bonchev–Trinajstić information content (AvgIpc) is 3.02. The quantitative estimate of drug-likeness (QED) is 0.379. The first-order valence-electron chi connectivity index (χ1n) is 6.82. The van der Waals surface area contributed by atoms with Crippen LogP contribution >= 0.6 is 23.1 Å². The number of hydrogen-bond acceptors (Lipinski definition) is 5. The van der Waals surface area contributed by atoms with Crippen LogP contribution in [0.5, 0.6) is 0 Å². The Morgan fingerprint density at radius 2 is 2.00 bits per heavy atom. The third-order valence-corrected chi connectivity index (χ3v) is 5.07. The Balaban J connectivity index is 2.06. The fourth-order valence-corrected chi connectivity index (χ4v) is 3.81. The van der Waals surface area contributed by atoms with E-state index in [4.69, 9.17) is 0 Å². The normalized spacial score (nSPS) is 12.1. The number of nitrogens with zero attached hydrogens (tertiary/aromatic N) is 3. The molecule has 0 amide bonds. The number of aromatic nitrogens is 3. The SMILES string of the molecule is C/C(=C/F)n1c(SCc2c(F)cc(F)cc2F)nc2ncsc2c1=O. The molecule has 0 unspecified atom stereocenters. The molecule has 0 aliphatic rings. The molecule has 3 aromatic rings. The number of thiazole rings is 1. The Bertz CT molecular complexity index is 1020. The average molecular weight is 387 g/mol. The van der Waals surface area contributed by atoms with Gasteiger partial charge in [-0.15, -0.1) is 11.3 Å². The van der Waals surface area contributed by atoms with Crippen LogP contribution in [-0.4, -0.2) is 14.5 Å². The van der Waals surface area contributed by atoms with Gasteiger partial charge in [0.25, 0.3) is 5.56 Å². The van der Waals surface area contributed by atoms with Crippen molar-refractivity contribution in [3.63, 3.8) is 0 Å². The molecule has 2 aromatic heterocycles. The van der Waals surface area contributed by atoms with Crippen LogP contribution in [0.15, 0.2) is 33.9 Å². The van der Waals surface area contributed by atoms with Crippen molar-refractivity contribution in [2.24, 2.45) is 0 Å². The summed E-state index contributed by atoms with van der Waals surface area (Å²) in [4.78, 5) is 20.6. The van der Waals surface area contributed by atoms with Gasteiger partial charge in [0.1, 0.15) is 28.5 Å². The van der Waals surface area contributed by atoms with Crippen molar-refractivity contribution < 1.29 is 17.6 Å². The molecule has 0 saturated carbocycles. The molecular weight excluding hydrogens is 378 g/mol. The van der Waals surface area contributed by atoms with E-state index in [9.17, 15) is 22.4 Å². The molecule has 0 aliphatic heterocycles. The largest absolute Gasteiger partial charge is 0.278 e. The van der Waals surface area contributed by atoms with Gasteiger partial charge in [-0.2, -0.15) is 0 Å². The summed E-state index contributed by atoms with van der Waals surface area (Å²) in [5.41, 5.74) is 0.663. The maximum Gasteiger partial charge on any atom is 0.278 e. The molecule has 25 heavy (non-hydrogen) atoms. The number of fused-ring (bicyclic) bond motifs is 1. The van der Waals surface area contributed by atoms with Gasteiger partial charge in [0.05, 0.1) is 11.2 Å². The van der Waals surface area contributed by atoms with E-state index in [1.54, 1.807) is 0 Å². The van der Waals surface area contributed by atoms with E-state index < -0.39 is 23.0 Å². The van der Waals surface area contributed by atoms with Crippen LogP contribution in [0, 0.1) is 17.5 Å². The third kappa shape index (κ3) is 3.31. The summed E-state index contributed by atoms with van der Waals surface area (Å²) in [6, 6.07) is 1.13. The summed E-state index contributed by atoms with van der Waals surface area (Å²) in [6.45, 7) is 1.36.